The highest BCUT2D eigenvalue weighted by molar-refractivity contribution is 7.92. The topological polar surface area (TPSA) is 113 Å². The average molecular weight is 586 g/mol. The Balaban J connectivity index is 1.29. The van der Waals surface area contributed by atoms with E-state index in [9.17, 15) is 21.6 Å². The highest BCUT2D eigenvalue weighted by Crippen LogP contribution is 2.24. The van der Waals surface area contributed by atoms with E-state index in [-0.39, 0.29) is 30.5 Å². The van der Waals surface area contributed by atoms with Crippen molar-refractivity contribution in [2.45, 2.75) is 37.6 Å². The molecule has 4 rings (SSSR count). The average Bonchev–Trinajstić information content (AvgIpc) is 2.95. The number of piperidine rings is 1. The van der Waals surface area contributed by atoms with Gasteiger partial charge in [-0.1, -0.05) is 30.7 Å². The summed E-state index contributed by atoms with van der Waals surface area (Å²) in [5.74, 6) is 0.189. The van der Waals surface area contributed by atoms with Gasteiger partial charge in [0.1, 0.15) is 12.4 Å². The molecule has 0 atom stereocenters. The summed E-state index contributed by atoms with van der Waals surface area (Å²) in [6, 6.07) is 20.3. The van der Waals surface area contributed by atoms with Crippen LogP contribution in [0.3, 0.4) is 0 Å². The molecule has 0 radical (unpaired) electrons. The smallest absolute Gasteiger partial charge is 0.251 e. The molecule has 1 amide bonds. The van der Waals surface area contributed by atoms with Crippen LogP contribution in [-0.2, 0) is 26.6 Å². The molecule has 0 spiro atoms. The molecular formula is C29H35N3O6S2. The minimum Gasteiger partial charge on any atom is -0.492 e. The monoisotopic (exact) mass is 585 g/mol. The van der Waals surface area contributed by atoms with Crippen LogP contribution in [0.5, 0.6) is 5.75 Å². The van der Waals surface area contributed by atoms with Gasteiger partial charge in [0.2, 0.25) is 20.0 Å². The zero-order valence-electron chi connectivity index (χ0n) is 22.7. The second kappa shape index (κ2) is 12.8. The SMILES string of the molecule is Cc1ccccc1CN(c1ccc(C(=O)NCCOc2ccc(S(=O)(=O)N3CCCCC3)cc2)cc1)S(C)(=O)=O. The number of carbonyl (C=O) groups is 1. The van der Waals surface area contributed by atoms with Gasteiger partial charge < -0.3 is 10.1 Å². The Labute approximate surface area is 236 Å². The maximum Gasteiger partial charge on any atom is 0.251 e. The summed E-state index contributed by atoms with van der Waals surface area (Å²) in [5.41, 5.74) is 2.75. The van der Waals surface area contributed by atoms with Gasteiger partial charge in [-0.15, -0.1) is 0 Å². The largest absolute Gasteiger partial charge is 0.492 e. The molecule has 214 valence electrons. The maximum absolute atomic E-state index is 12.8. The molecule has 1 heterocycles. The van der Waals surface area contributed by atoms with Crippen LogP contribution in [0.2, 0.25) is 0 Å². The summed E-state index contributed by atoms with van der Waals surface area (Å²) < 4.78 is 59.1. The summed E-state index contributed by atoms with van der Waals surface area (Å²) >= 11 is 0. The predicted molar refractivity (Wildman–Crippen MR) is 156 cm³/mol. The first-order chi connectivity index (χ1) is 19.1. The lowest BCUT2D eigenvalue weighted by Gasteiger charge is -2.25. The van der Waals surface area contributed by atoms with Crippen LogP contribution in [0.1, 0.15) is 40.7 Å². The standard InChI is InChI=1S/C29H35N3O6S2/c1-23-8-4-5-9-25(23)22-32(39(2,34)35)26-12-10-24(11-13-26)29(33)30-18-21-38-27-14-16-28(17-15-27)40(36,37)31-19-6-3-7-20-31/h4-5,8-17H,3,6-7,18-22H2,1-2H3,(H,30,33). The Hall–Kier alpha value is -3.41. The number of aryl methyl sites for hydroxylation is 1. The van der Waals surface area contributed by atoms with Gasteiger partial charge in [0, 0.05) is 18.7 Å². The van der Waals surface area contributed by atoms with Crippen molar-refractivity contribution in [2.24, 2.45) is 0 Å². The number of carbonyl (C=O) groups excluding carboxylic acids is 1. The van der Waals surface area contributed by atoms with Gasteiger partial charge in [-0.3, -0.25) is 9.10 Å². The van der Waals surface area contributed by atoms with E-state index < -0.39 is 20.0 Å². The maximum atomic E-state index is 12.8. The van der Waals surface area contributed by atoms with Crippen molar-refractivity contribution in [1.82, 2.24) is 9.62 Å². The molecular weight excluding hydrogens is 550 g/mol. The van der Waals surface area contributed by atoms with E-state index in [0.717, 1.165) is 36.6 Å². The molecule has 1 aliphatic rings. The number of amides is 1. The van der Waals surface area contributed by atoms with Crippen LogP contribution in [0.25, 0.3) is 0 Å². The Morgan fingerprint density at radius 2 is 1.55 bits per heavy atom. The van der Waals surface area contributed by atoms with Crippen LogP contribution >= 0.6 is 0 Å². The Morgan fingerprint density at radius 1 is 0.900 bits per heavy atom. The normalized spacial score (nSPS) is 14.4. The molecule has 3 aromatic rings. The van der Waals surface area contributed by atoms with E-state index in [1.807, 2.05) is 31.2 Å². The van der Waals surface area contributed by atoms with Gasteiger partial charge in [0.15, 0.2) is 0 Å². The van der Waals surface area contributed by atoms with Crippen molar-refractivity contribution in [1.29, 1.82) is 0 Å². The van der Waals surface area contributed by atoms with Gasteiger partial charge in [0.05, 0.1) is 29.9 Å². The first-order valence-corrected chi connectivity index (χ1v) is 16.5. The van der Waals surface area contributed by atoms with Crippen LogP contribution in [0.15, 0.2) is 77.7 Å². The highest BCUT2D eigenvalue weighted by atomic mass is 32.2. The summed E-state index contributed by atoms with van der Waals surface area (Å²) in [6.45, 7) is 3.65. The number of nitrogens with zero attached hydrogens (tertiary/aromatic N) is 2. The van der Waals surface area contributed by atoms with E-state index in [1.165, 1.54) is 20.7 Å². The van der Waals surface area contributed by atoms with Crippen molar-refractivity contribution < 1.29 is 26.4 Å². The van der Waals surface area contributed by atoms with Gasteiger partial charge in [0.25, 0.3) is 5.91 Å². The van der Waals surface area contributed by atoms with E-state index in [1.54, 1.807) is 36.4 Å². The molecule has 0 unspecified atom stereocenters. The molecule has 3 aromatic carbocycles. The second-order valence-corrected chi connectivity index (χ2v) is 13.6. The molecule has 1 fully saturated rings. The number of hydrogen-bond donors (Lipinski definition) is 1. The molecule has 40 heavy (non-hydrogen) atoms. The van der Waals surface area contributed by atoms with Crippen LogP contribution in [-0.4, -0.2) is 59.5 Å². The number of benzene rings is 3. The van der Waals surface area contributed by atoms with Gasteiger partial charge in [-0.2, -0.15) is 4.31 Å². The molecule has 0 saturated carbocycles. The molecule has 1 N–H and O–H groups in total. The molecule has 9 nitrogen and oxygen atoms in total. The van der Waals surface area contributed by atoms with Crippen molar-refractivity contribution in [3.05, 3.63) is 89.5 Å². The second-order valence-electron chi connectivity index (χ2n) is 9.78. The minimum absolute atomic E-state index is 0.194. The number of rotatable bonds is 11. The van der Waals surface area contributed by atoms with E-state index in [0.29, 0.717) is 30.1 Å². The van der Waals surface area contributed by atoms with Crippen LogP contribution in [0, 0.1) is 6.92 Å². The number of ether oxygens (including phenoxy) is 1. The molecule has 11 heteroatoms. The fourth-order valence-electron chi connectivity index (χ4n) is 4.52. The molecule has 0 aromatic heterocycles. The zero-order valence-corrected chi connectivity index (χ0v) is 24.4. The first-order valence-electron chi connectivity index (χ1n) is 13.2. The first kappa shape index (κ1) is 29.6. The van der Waals surface area contributed by atoms with Crippen LogP contribution < -0.4 is 14.4 Å². The van der Waals surface area contributed by atoms with Crippen molar-refractivity contribution in [2.75, 3.05) is 36.8 Å². The third kappa shape index (κ3) is 7.41. The summed E-state index contributed by atoms with van der Waals surface area (Å²) in [4.78, 5) is 12.8. The number of sulfonamides is 2. The molecule has 0 bridgehead atoms. The van der Waals surface area contributed by atoms with Crippen molar-refractivity contribution in [3.8, 4) is 5.75 Å². The van der Waals surface area contributed by atoms with Gasteiger partial charge in [-0.05, 0) is 79.4 Å². The molecule has 0 aliphatic carbocycles. The third-order valence-corrected chi connectivity index (χ3v) is 9.88. The Bertz CT molecular complexity index is 1520. The predicted octanol–water partition coefficient (Wildman–Crippen LogP) is 3.94. The number of anilines is 1. The molecule has 1 saturated heterocycles. The number of hydrogen-bond acceptors (Lipinski definition) is 6. The number of nitrogens with one attached hydrogen (secondary N) is 1. The summed E-state index contributed by atoms with van der Waals surface area (Å²) in [5, 5.41) is 2.78. The minimum atomic E-state index is -3.55. The van der Waals surface area contributed by atoms with Gasteiger partial charge in [-0.25, -0.2) is 16.8 Å². The van der Waals surface area contributed by atoms with Crippen LogP contribution in [0.4, 0.5) is 5.69 Å². The lowest BCUT2D eigenvalue weighted by atomic mass is 10.1. The lowest BCUT2D eigenvalue weighted by molar-refractivity contribution is 0.0947. The lowest BCUT2D eigenvalue weighted by Crippen LogP contribution is -2.35. The quantitative estimate of drug-likeness (QED) is 0.341. The third-order valence-electron chi connectivity index (χ3n) is 6.83. The van der Waals surface area contributed by atoms with E-state index >= 15 is 0 Å². The van der Waals surface area contributed by atoms with Crippen molar-refractivity contribution in [3.63, 3.8) is 0 Å². The van der Waals surface area contributed by atoms with E-state index in [2.05, 4.69) is 5.32 Å². The summed E-state index contributed by atoms with van der Waals surface area (Å²) in [6.07, 6.45) is 3.97. The zero-order chi connectivity index (χ0) is 28.8. The molecule has 1 aliphatic heterocycles. The fraction of sp³-hybridized carbons (Fsp3) is 0.345. The van der Waals surface area contributed by atoms with E-state index in [4.69, 9.17) is 4.74 Å². The summed E-state index contributed by atoms with van der Waals surface area (Å²) in [7, 11) is -7.04. The fourth-order valence-corrected chi connectivity index (χ4v) is 6.91. The highest BCUT2D eigenvalue weighted by Gasteiger charge is 2.25. The Kier molecular flexibility index (Phi) is 9.49. The van der Waals surface area contributed by atoms with Gasteiger partial charge >= 0.3 is 0 Å². The Morgan fingerprint density at radius 3 is 2.17 bits per heavy atom. The van der Waals surface area contributed by atoms with Crippen molar-refractivity contribution >= 4 is 31.6 Å².